The summed E-state index contributed by atoms with van der Waals surface area (Å²) < 4.78 is 0. The van der Waals surface area contributed by atoms with Gasteiger partial charge in [0.1, 0.15) is 0 Å². The Balaban J connectivity index is 1.72. The number of nitrogens with two attached hydrogens (primary N) is 1. The first-order valence-electron chi connectivity index (χ1n) is 7.55. The summed E-state index contributed by atoms with van der Waals surface area (Å²) in [5.41, 5.74) is 7.14. The van der Waals surface area contributed by atoms with E-state index in [0.29, 0.717) is 17.8 Å². The van der Waals surface area contributed by atoms with Crippen LogP contribution in [-0.2, 0) is 4.79 Å². The first-order chi connectivity index (χ1) is 9.69. The normalized spacial score (nSPS) is 19.1. The van der Waals surface area contributed by atoms with Gasteiger partial charge in [0.05, 0.1) is 11.4 Å². The smallest absolute Gasteiger partial charge is 0.225 e. The molecule has 0 radical (unpaired) electrons. The van der Waals surface area contributed by atoms with E-state index < -0.39 is 0 Å². The highest BCUT2D eigenvalue weighted by Crippen LogP contribution is 2.21. The fraction of sp³-hybridized carbons (Fsp3) is 0.562. The Morgan fingerprint density at radius 1 is 1.45 bits per heavy atom. The summed E-state index contributed by atoms with van der Waals surface area (Å²) in [7, 11) is 0. The second kappa shape index (κ2) is 7.29. The lowest BCUT2D eigenvalue weighted by Gasteiger charge is -2.15. The van der Waals surface area contributed by atoms with Crippen molar-refractivity contribution in [3.05, 3.63) is 24.3 Å². The maximum absolute atomic E-state index is 11.9. The second-order valence-electron chi connectivity index (χ2n) is 5.63. The monoisotopic (exact) mass is 275 g/mol. The quantitative estimate of drug-likeness (QED) is 0.785. The fourth-order valence-corrected chi connectivity index (χ4v) is 2.84. The van der Waals surface area contributed by atoms with Gasteiger partial charge in [0.2, 0.25) is 5.91 Å². The van der Waals surface area contributed by atoms with E-state index in [0.717, 1.165) is 25.6 Å². The average molecular weight is 275 g/mol. The predicted molar refractivity (Wildman–Crippen MR) is 83.6 cm³/mol. The Hall–Kier alpha value is -1.55. The van der Waals surface area contributed by atoms with Crippen LogP contribution in [0.25, 0.3) is 0 Å². The molecule has 1 aromatic rings. The molecule has 1 atom stereocenters. The van der Waals surface area contributed by atoms with Gasteiger partial charge in [0, 0.05) is 19.5 Å². The molecule has 110 valence electrons. The van der Waals surface area contributed by atoms with E-state index >= 15 is 0 Å². The number of benzene rings is 1. The number of rotatable bonds is 6. The predicted octanol–water partition coefficient (Wildman–Crippen LogP) is 2.72. The van der Waals surface area contributed by atoms with Gasteiger partial charge in [-0.25, -0.2) is 0 Å². The van der Waals surface area contributed by atoms with Gasteiger partial charge < -0.3 is 16.0 Å². The molecule has 2 rings (SSSR count). The molecule has 0 spiro atoms. The largest absolute Gasteiger partial charge is 0.397 e. The van der Waals surface area contributed by atoms with Gasteiger partial charge in [0.15, 0.2) is 0 Å². The highest BCUT2D eigenvalue weighted by Gasteiger charge is 2.21. The maximum atomic E-state index is 11.9. The molecule has 1 aliphatic rings. The van der Waals surface area contributed by atoms with Crippen molar-refractivity contribution in [1.29, 1.82) is 0 Å². The van der Waals surface area contributed by atoms with E-state index in [4.69, 9.17) is 5.73 Å². The Kier molecular flexibility index (Phi) is 5.41. The average Bonchev–Trinajstić information content (AvgIpc) is 2.87. The SMILES string of the molecule is CCCC1CCN(CCC(=O)Nc2ccccc2N)C1. The minimum Gasteiger partial charge on any atom is -0.397 e. The lowest BCUT2D eigenvalue weighted by atomic mass is 10.0. The number of likely N-dealkylation sites (tertiary alicyclic amines) is 1. The topological polar surface area (TPSA) is 58.4 Å². The third kappa shape index (κ3) is 4.23. The van der Waals surface area contributed by atoms with Crippen molar-refractivity contribution < 1.29 is 4.79 Å². The van der Waals surface area contributed by atoms with E-state index in [2.05, 4.69) is 17.1 Å². The first kappa shape index (κ1) is 14.9. The van der Waals surface area contributed by atoms with Gasteiger partial charge >= 0.3 is 0 Å². The summed E-state index contributed by atoms with van der Waals surface area (Å²) in [5.74, 6) is 0.870. The van der Waals surface area contributed by atoms with Crippen LogP contribution in [0.3, 0.4) is 0 Å². The van der Waals surface area contributed by atoms with E-state index in [1.807, 2.05) is 18.2 Å². The van der Waals surface area contributed by atoms with Crippen molar-refractivity contribution in [3.8, 4) is 0 Å². The maximum Gasteiger partial charge on any atom is 0.225 e. The molecule has 1 fully saturated rings. The number of anilines is 2. The highest BCUT2D eigenvalue weighted by molar-refractivity contribution is 5.93. The number of nitrogen functional groups attached to an aromatic ring is 1. The molecule has 0 bridgehead atoms. The molecule has 4 nitrogen and oxygen atoms in total. The van der Waals surface area contributed by atoms with Crippen molar-refractivity contribution in [2.24, 2.45) is 5.92 Å². The summed E-state index contributed by atoms with van der Waals surface area (Å²) in [6, 6.07) is 7.37. The number of carbonyl (C=O) groups is 1. The van der Waals surface area contributed by atoms with Crippen LogP contribution >= 0.6 is 0 Å². The van der Waals surface area contributed by atoms with E-state index in [1.54, 1.807) is 6.07 Å². The third-order valence-corrected chi connectivity index (χ3v) is 3.96. The fourth-order valence-electron chi connectivity index (χ4n) is 2.84. The van der Waals surface area contributed by atoms with Gasteiger partial charge in [-0.05, 0) is 37.4 Å². The van der Waals surface area contributed by atoms with E-state index in [1.165, 1.54) is 19.3 Å². The minimum atomic E-state index is 0.0434. The van der Waals surface area contributed by atoms with Crippen LogP contribution in [0.4, 0.5) is 11.4 Å². The summed E-state index contributed by atoms with van der Waals surface area (Å²) in [5, 5.41) is 2.88. The van der Waals surface area contributed by atoms with Crippen molar-refractivity contribution in [1.82, 2.24) is 4.90 Å². The Bertz CT molecular complexity index is 447. The van der Waals surface area contributed by atoms with E-state index in [9.17, 15) is 4.79 Å². The molecule has 20 heavy (non-hydrogen) atoms. The zero-order chi connectivity index (χ0) is 14.4. The van der Waals surface area contributed by atoms with Crippen molar-refractivity contribution in [3.63, 3.8) is 0 Å². The molecule has 1 saturated heterocycles. The standard InChI is InChI=1S/C16H25N3O/c1-2-5-13-8-10-19(12-13)11-9-16(20)18-15-7-4-3-6-14(15)17/h3-4,6-7,13H,2,5,8-12,17H2,1H3,(H,18,20). The Labute approximate surface area is 121 Å². The van der Waals surface area contributed by atoms with Gasteiger partial charge in [0.25, 0.3) is 0 Å². The molecular formula is C16H25N3O. The molecule has 1 aromatic carbocycles. The molecular weight excluding hydrogens is 250 g/mol. The lowest BCUT2D eigenvalue weighted by molar-refractivity contribution is -0.116. The number of nitrogens with one attached hydrogen (secondary N) is 1. The van der Waals surface area contributed by atoms with Crippen LogP contribution in [0.5, 0.6) is 0 Å². The molecule has 0 saturated carbocycles. The van der Waals surface area contributed by atoms with Gasteiger partial charge in [-0.15, -0.1) is 0 Å². The Morgan fingerprint density at radius 2 is 2.25 bits per heavy atom. The lowest BCUT2D eigenvalue weighted by Crippen LogP contribution is -2.26. The molecule has 4 heteroatoms. The van der Waals surface area contributed by atoms with Crippen LogP contribution < -0.4 is 11.1 Å². The van der Waals surface area contributed by atoms with Crippen LogP contribution in [-0.4, -0.2) is 30.4 Å². The zero-order valence-corrected chi connectivity index (χ0v) is 12.3. The number of carbonyl (C=O) groups excluding carboxylic acids is 1. The van der Waals surface area contributed by atoms with Gasteiger partial charge in [-0.2, -0.15) is 0 Å². The number of nitrogens with zero attached hydrogens (tertiary/aromatic N) is 1. The molecule has 1 aliphatic heterocycles. The summed E-state index contributed by atoms with van der Waals surface area (Å²) in [4.78, 5) is 14.3. The van der Waals surface area contributed by atoms with E-state index in [-0.39, 0.29) is 5.91 Å². The zero-order valence-electron chi connectivity index (χ0n) is 12.3. The third-order valence-electron chi connectivity index (χ3n) is 3.96. The molecule has 0 aliphatic carbocycles. The molecule has 1 heterocycles. The summed E-state index contributed by atoms with van der Waals surface area (Å²) >= 11 is 0. The van der Waals surface area contributed by atoms with Crippen molar-refractivity contribution in [2.75, 3.05) is 30.7 Å². The number of para-hydroxylation sites is 2. The van der Waals surface area contributed by atoms with Gasteiger partial charge in [-0.3, -0.25) is 4.79 Å². The number of hydrogen-bond donors (Lipinski definition) is 2. The Morgan fingerprint density at radius 3 is 3.00 bits per heavy atom. The van der Waals surface area contributed by atoms with Crippen LogP contribution in [0.15, 0.2) is 24.3 Å². The molecule has 3 N–H and O–H groups in total. The molecule has 1 amide bonds. The first-order valence-corrected chi connectivity index (χ1v) is 7.55. The van der Waals surface area contributed by atoms with Crippen molar-refractivity contribution in [2.45, 2.75) is 32.6 Å². The van der Waals surface area contributed by atoms with Crippen LogP contribution in [0.1, 0.15) is 32.6 Å². The highest BCUT2D eigenvalue weighted by atomic mass is 16.1. The minimum absolute atomic E-state index is 0.0434. The summed E-state index contributed by atoms with van der Waals surface area (Å²) in [6.07, 6.45) is 4.38. The second-order valence-corrected chi connectivity index (χ2v) is 5.63. The number of hydrogen-bond acceptors (Lipinski definition) is 3. The van der Waals surface area contributed by atoms with Crippen LogP contribution in [0, 0.1) is 5.92 Å². The van der Waals surface area contributed by atoms with Crippen molar-refractivity contribution >= 4 is 17.3 Å². The molecule has 1 unspecified atom stereocenters. The number of amides is 1. The summed E-state index contributed by atoms with van der Waals surface area (Å²) in [6.45, 7) is 5.36. The molecule has 0 aromatic heterocycles. The van der Waals surface area contributed by atoms with Gasteiger partial charge in [-0.1, -0.05) is 25.5 Å². The van der Waals surface area contributed by atoms with Crippen LogP contribution in [0.2, 0.25) is 0 Å².